The average Bonchev–Trinajstić information content (AvgIpc) is 2.43. The highest BCUT2D eigenvalue weighted by molar-refractivity contribution is 7.89. The number of nitrogens with zero attached hydrogens (tertiary/aromatic N) is 2. The van der Waals surface area contributed by atoms with Gasteiger partial charge in [-0.2, -0.15) is 4.31 Å². The van der Waals surface area contributed by atoms with E-state index in [-0.39, 0.29) is 10.8 Å². The summed E-state index contributed by atoms with van der Waals surface area (Å²) in [6.07, 6.45) is 0. The van der Waals surface area contributed by atoms with Crippen molar-refractivity contribution in [3.8, 4) is 5.75 Å². The van der Waals surface area contributed by atoms with Gasteiger partial charge >= 0.3 is 0 Å². The van der Waals surface area contributed by atoms with E-state index in [1.165, 1.54) is 4.31 Å². The molecular weight excluding hydrogens is 304 g/mol. The smallest absolute Gasteiger partial charge is 0.244 e. The lowest BCUT2D eigenvalue weighted by Gasteiger charge is -2.36. The van der Waals surface area contributed by atoms with Crippen molar-refractivity contribution in [2.24, 2.45) is 0 Å². The van der Waals surface area contributed by atoms with Crippen molar-refractivity contribution in [3.63, 3.8) is 0 Å². The van der Waals surface area contributed by atoms with E-state index in [2.05, 4.69) is 0 Å². The maximum absolute atomic E-state index is 13.0. The Balaban J connectivity index is 2.50. The number of hydrogen-bond donors (Lipinski definition) is 0. The van der Waals surface area contributed by atoms with Gasteiger partial charge in [0, 0.05) is 20.1 Å². The minimum absolute atomic E-state index is 0.182. The van der Waals surface area contributed by atoms with E-state index in [4.69, 9.17) is 4.74 Å². The molecule has 0 spiro atoms. The Kier molecular flexibility index (Phi) is 4.49. The van der Waals surface area contributed by atoms with Crippen molar-refractivity contribution < 1.29 is 17.9 Å². The van der Waals surface area contributed by atoms with Crippen LogP contribution in [0.1, 0.15) is 18.1 Å². The molecule has 0 bridgehead atoms. The van der Waals surface area contributed by atoms with Gasteiger partial charge in [0.1, 0.15) is 11.8 Å². The number of hydrogen-bond acceptors (Lipinski definition) is 4. The van der Waals surface area contributed by atoms with Gasteiger partial charge in [-0.1, -0.05) is 0 Å². The Hall–Kier alpha value is -1.60. The third kappa shape index (κ3) is 2.70. The van der Waals surface area contributed by atoms with Gasteiger partial charge in [-0.15, -0.1) is 0 Å². The number of sulfonamides is 1. The van der Waals surface area contributed by atoms with Crippen molar-refractivity contribution in [2.45, 2.75) is 31.7 Å². The van der Waals surface area contributed by atoms with Gasteiger partial charge in [0.2, 0.25) is 15.9 Å². The fourth-order valence-electron chi connectivity index (χ4n) is 2.88. The highest BCUT2D eigenvalue weighted by atomic mass is 32.2. The molecule has 1 unspecified atom stereocenters. The molecule has 1 fully saturated rings. The molecule has 1 atom stereocenters. The van der Waals surface area contributed by atoms with E-state index in [1.54, 1.807) is 52.0 Å². The third-order valence-electron chi connectivity index (χ3n) is 4.06. The van der Waals surface area contributed by atoms with Crippen molar-refractivity contribution in [1.29, 1.82) is 0 Å². The number of carbonyl (C=O) groups is 1. The van der Waals surface area contributed by atoms with E-state index in [9.17, 15) is 13.2 Å². The normalized spacial score (nSPS) is 20.3. The standard InChI is InChI=1S/C15H22N2O4S/c1-10-8-13(21-5)9-11(2)14(10)22(19,20)17-7-6-16(4)15(18)12(17)3/h8-9,12H,6-7H2,1-5H3. The molecule has 122 valence electrons. The highest BCUT2D eigenvalue weighted by Crippen LogP contribution is 2.30. The molecule has 0 aliphatic carbocycles. The molecule has 0 aromatic heterocycles. The highest BCUT2D eigenvalue weighted by Gasteiger charge is 2.39. The molecule has 1 aromatic carbocycles. The predicted molar refractivity (Wildman–Crippen MR) is 83.5 cm³/mol. The van der Waals surface area contributed by atoms with E-state index in [0.29, 0.717) is 30.0 Å². The monoisotopic (exact) mass is 326 g/mol. The first kappa shape index (κ1) is 16.8. The molecule has 1 amide bonds. The molecule has 1 saturated heterocycles. The minimum atomic E-state index is -3.72. The Bertz CT molecular complexity index is 676. The van der Waals surface area contributed by atoms with Crippen LogP contribution >= 0.6 is 0 Å². The van der Waals surface area contributed by atoms with E-state index >= 15 is 0 Å². The van der Waals surface area contributed by atoms with Crippen LogP contribution in [0.3, 0.4) is 0 Å². The van der Waals surface area contributed by atoms with Crippen LogP contribution in [0.15, 0.2) is 17.0 Å². The van der Waals surface area contributed by atoms with E-state index < -0.39 is 16.1 Å². The zero-order valence-electron chi connectivity index (χ0n) is 13.6. The van der Waals surface area contributed by atoms with Crippen LogP contribution in [0, 0.1) is 13.8 Å². The van der Waals surface area contributed by atoms with Crippen LogP contribution in [-0.2, 0) is 14.8 Å². The maximum Gasteiger partial charge on any atom is 0.244 e. The van der Waals surface area contributed by atoms with Crippen molar-refractivity contribution in [2.75, 3.05) is 27.2 Å². The molecule has 22 heavy (non-hydrogen) atoms. The Morgan fingerprint density at radius 2 is 1.73 bits per heavy atom. The summed E-state index contributed by atoms with van der Waals surface area (Å²) in [6, 6.07) is 2.70. The van der Waals surface area contributed by atoms with Gasteiger partial charge in [-0.3, -0.25) is 4.79 Å². The summed E-state index contributed by atoms with van der Waals surface area (Å²) in [5, 5.41) is 0. The third-order valence-corrected chi connectivity index (χ3v) is 6.33. The second-order valence-corrected chi connectivity index (χ2v) is 7.47. The van der Waals surface area contributed by atoms with Crippen LogP contribution in [0.4, 0.5) is 0 Å². The van der Waals surface area contributed by atoms with E-state index in [1.807, 2.05) is 0 Å². The zero-order chi connectivity index (χ0) is 16.7. The van der Waals surface area contributed by atoms with Gasteiger partial charge in [0.05, 0.1) is 12.0 Å². The molecular formula is C15H22N2O4S. The number of methoxy groups -OCH3 is 1. The zero-order valence-corrected chi connectivity index (χ0v) is 14.4. The second kappa shape index (κ2) is 5.89. The summed E-state index contributed by atoms with van der Waals surface area (Å²) in [7, 11) is -0.491. The topological polar surface area (TPSA) is 66.9 Å². The lowest BCUT2D eigenvalue weighted by atomic mass is 10.1. The number of piperazine rings is 1. The summed E-state index contributed by atoms with van der Waals surface area (Å²) in [6.45, 7) is 5.81. The Morgan fingerprint density at radius 3 is 2.23 bits per heavy atom. The van der Waals surface area contributed by atoms with Crippen LogP contribution < -0.4 is 4.74 Å². The predicted octanol–water partition coefficient (Wildman–Crippen LogP) is 1.16. The van der Waals surface area contributed by atoms with E-state index in [0.717, 1.165) is 0 Å². The van der Waals surface area contributed by atoms with Gasteiger partial charge in [-0.25, -0.2) is 8.42 Å². The molecule has 1 aliphatic heterocycles. The summed E-state index contributed by atoms with van der Waals surface area (Å²) < 4.78 is 32.5. The Morgan fingerprint density at radius 1 is 1.18 bits per heavy atom. The number of likely N-dealkylation sites (N-methyl/N-ethyl adjacent to an activating group) is 1. The van der Waals surface area contributed by atoms with Crippen molar-refractivity contribution in [3.05, 3.63) is 23.3 Å². The fourth-order valence-corrected chi connectivity index (χ4v) is 4.87. The average molecular weight is 326 g/mol. The van der Waals surface area contributed by atoms with Gasteiger partial charge in [0.15, 0.2) is 0 Å². The van der Waals surface area contributed by atoms with Crippen LogP contribution in [0.25, 0.3) is 0 Å². The maximum atomic E-state index is 13.0. The molecule has 7 heteroatoms. The summed E-state index contributed by atoms with van der Waals surface area (Å²) in [4.78, 5) is 13.9. The molecule has 0 saturated carbocycles. The number of ether oxygens (including phenoxy) is 1. The summed E-state index contributed by atoms with van der Waals surface area (Å²) >= 11 is 0. The van der Waals surface area contributed by atoms with Crippen LogP contribution in [0.2, 0.25) is 0 Å². The number of carbonyl (C=O) groups excluding carboxylic acids is 1. The van der Waals surface area contributed by atoms with Crippen LogP contribution in [-0.4, -0.2) is 56.8 Å². The van der Waals surface area contributed by atoms with Crippen LogP contribution in [0.5, 0.6) is 5.75 Å². The summed E-state index contributed by atoms with van der Waals surface area (Å²) in [5.74, 6) is 0.440. The molecule has 1 heterocycles. The lowest BCUT2D eigenvalue weighted by Crippen LogP contribution is -2.56. The number of rotatable bonds is 3. The van der Waals surface area contributed by atoms with Gasteiger partial charge < -0.3 is 9.64 Å². The first-order valence-corrected chi connectivity index (χ1v) is 8.56. The number of amides is 1. The molecule has 1 aliphatic rings. The molecule has 2 rings (SSSR count). The summed E-state index contributed by atoms with van der Waals surface area (Å²) in [5.41, 5.74) is 1.24. The quantitative estimate of drug-likeness (QED) is 0.836. The number of benzene rings is 1. The molecule has 6 nitrogen and oxygen atoms in total. The van der Waals surface area contributed by atoms with Gasteiger partial charge in [0.25, 0.3) is 0 Å². The van der Waals surface area contributed by atoms with Crippen molar-refractivity contribution >= 4 is 15.9 Å². The Labute approximate surface area is 131 Å². The molecule has 0 N–H and O–H groups in total. The van der Waals surface area contributed by atoms with Gasteiger partial charge in [-0.05, 0) is 44.0 Å². The lowest BCUT2D eigenvalue weighted by molar-refractivity contribution is -0.136. The molecule has 0 radical (unpaired) electrons. The minimum Gasteiger partial charge on any atom is -0.497 e. The first-order chi connectivity index (χ1) is 10.2. The molecule has 1 aromatic rings. The number of aryl methyl sites for hydroxylation is 2. The second-order valence-electron chi connectivity index (χ2n) is 5.64. The first-order valence-electron chi connectivity index (χ1n) is 7.12. The largest absolute Gasteiger partial charge is 0.497 e. The fraction of sp³-hybridized carbons (Fsp3) is 0.533. The SMILES string of the molecule is COc1cc(C)c(S(=O)(=O)N2CCN(C)C(=O)C2C)c(C)c1. The van der Waals surface area contributed by atoms with Crippen molar-refractivity contribution in [1.82, 2.24) is 9.21 Å².